The maximum atomic E-state index is 12.4. The Morgan fingerprint density at radius 3 is 2.14 bits per heavy atom. The molecule has 0 aliphatic carbocycles. The van der Waals surface area contributed by atoms with E-state index in [-0.39, 0.29) is 24.3 Å². The van der Waals surface area contributed by atoms with Crippen molar-refractivity contribution < 1.29 is 19.1 Å². The van der Waals surface area contributed by atoms with Crippen LogP contribution in [0.1, 0.15) is 41.0 Å². The molecule has 0 aliphatic rings. The summed E-state index contributed by atoms with van der Waals surface area (Å²) < 4.78 is 5.18. The molecular weight excluding hydrogens is 286 g/mol. The summed E-state index contributed by atoms with van der Waals surface area (Å²) in [6.07, 6.45) is -0.171. The van der Waals surface area contributed by atoms with Crippen LogP contribution in [0.4, 0.5) is 4.79 Å². The Kier molecular flexibility index (Phi) is 7.90. The van der Waals surface area contributed by atoms with Crippen LogP contribution in [0.25, 0.3) is 0 Å². The number of hydrogen-bond acceptors (Lipinski definition) is 4. The van der Waals surface area contributed by atoms with Crippen molar-refractivity contribution in [2.45, 2.75) is 52.7 Å². The van der Waals surface area contributed by atoms with Gasteiger partial charge in [-0.15, -0.1) is 0 Å². The van der Waals surface area contributed by atoms with Gasteiger partial charge in [0.2, 0.25) is 11.8 Å². The van der Waals surface area contributed by atoms with Gasteiger partial charge in [0, 0.05) is 14.1 Å². The molecule has 0 saturated carbocycles. The summed E-state index contributed by atoms with van der Waals surface area (Å²) >= 11 is 0. The highest BCUT2D eigenvalue weighted by molar-refractivity contribution is 5.89. The van der Waals surface area contributed by atoms with E-state index in [0.29, 0.717) is 6.42 Å². The van der Waals surface area contributed by atoms with E-state index in [4.69, 9.17) is 4.74 Å². The van der Waals surface area contributed by atoms with Crippen molar-refractivity contribution in [3.8, 4) is 0 Å². The fraction of sp³-hybridized carbons (Fsp3) is 0.800. The molecule has 0 aromatic carbocycles. The first-order chi connectivity index (χ1) is 9.96. The highest BCUT2D eigenvalue weighted by Crippen LogP contribution is 2.10. The lowest BCUT2D eigenvalue weighted by molar-refractivity contribution is -0.136. The van der Waals surface area contributed by atoms with Crippen LogP contribution in [0, 0.1) is 5.92 Å². The van der Waals surface area contributed by atoms with Crippen LogP contribution in [0.2, 0.25) is 0 Å². The molecule has 1 atom stereocenters. The van der Waals surface area contributed by atoms with Gasteiger partial charge < -0.3 is 20.3 Å². The average Bonchev–Trinajstić information content (AvgIpc) is 2.33. The van der Waals surface area contributed by atoms with E-state index >= 15 is 0 Å². The molecule has 3 amide bonds. The van der Waals surface area contributed by atoms with Crippen molar-refractivity contribution in [1.29, 1.82) is 0 Å². The number of nitrogens with zero attached hydrogens (tertiary/aromatic N) is 1. The first kappa shape index (κ1) is 20.2. The number of amides is 3. The number of alkyl carbamates (subject to hydrolysis) is 1. The van der Waals surface area contributed by atoms with E-state index < -0.39 is 17.7 Å². The van der Waals surface area contributed by atoms with Crippen LogP contribution in [0.5, 0.6) is 0 Å². The zero-order valence-electron chi connectivity index (χ0n) is 14.6. The third kappa shape index (κ3) is 8.49. The predicted molar refractivity (Wildman–Crippen MR) is 84.3 cm³/mol. The summed E-state index contributed by atoms with van der Waals surface area (Å²) in [5.41, 5.74) is -0.635. The summed E-state index contributed by atoms with van der Waals surface area (Å²) in [6, 6.07) is -0.718. The molecule has 0 aromatic heterocycles. The Hall–Kier alpha value is -1.79. The third-order valence-electron chi connectivity index (χ3n) is 2.73. The van der Waals surface area contributed by atoms with E-state index in [2.05, 4.69) is 10.6 Å². The Bertz CT molecular complexity index is 402. The van der Waals surface area contributed by atoms with Crippen LogP contribution >= 0.6 is 0 Å². The first-order valence-corrected chi connectivity index (χ1v) is 7.41. The van der Waals surface area contributed by atoms with Gasteiger partial charge in [-0.25, -0.2) is 4.79 Å². The SMILES string of the molecule is CNC(=O)CN(C)C(=O)[C@H](CC(C)C)NC(=O)OC(C)(C)C. The van der Waals surface area contributed by atoms with Gasteiger partial charge in [0.05, 0.1) is 6.54 Å². The Balaban J connectivity index is 4.85. The van der Waals surface area contributed by atoms with Gasteiger partial charge in [-0.1, -0.05) is 13.8 Å². The van der Waals surface area contributed by atoms with Crippen LogP contribution in [0.3, 0.4) is 0 Å². The van der Waals surface area contributed by atoms with Crippen LogP contribution < -0.4 is 10.6 Å². The second-order valence-corrected chi connectivity index (χ2v) is 6.70. The highest BCUT2D eigenvalue weighted by atomic mass is 16.6. The second-order valence-electron chi connectivity index (χ2n) is 6.70. The third-order valence-corrected chi connectivity index (χ3v) is 2.73. The van der Waals surface area contributed by atoms with E-state index in [1.165, 1.54) is 19.0 Å². The van der Waals surface area contributed by atoms with Gasteiger partial charge in [0.15, 0.2) is 0 Å². The average molecular weight is 315 g/mol. The zero-order valence-corrected chi connectivity index (χ0v) is 14.6. The Morgan fingerprint density at radius 1 is 1.18 bits per heavy atom. The lowest BCUT2D eigenvalue weighted by Crippen LogP contribution is -2.50. The summed E-state index contributed by atoms with van der Waals surface area (Å²) in [4.78, 5) is 36.9. The molecule has 0 rings (SSSR count). The summed E-state index contributed by atoms with van der Waals surface area (Å²) in [5.74, 6) is -0.378. The van der Waals surface area contributed by atoms with Crippen molar-refractivity contribution >= 4 is 17.9 Å². The number of hydrogen-bond donors (Lipinski definition) is 2. The van der Waals surface area contributed by atoms with Crippen molar-refractivity contribution in [3.63, 3.8) is 0 Å². The molecule has 0 aromatic rings. The largest absolute Gasteiger partial charge is 0.444 e. The zero-order chi connectivity index (χ0) is 17.5. The molecule has 0 aliphatic heterocycles. The fourth-order valence-electron chi connectivity index (χ4n) is 1.78. The smallest absolute Gasteiger partial charge is 0.408 e. The highest BCUT2D eigenvalue weighted by Gasteiger charge is 2.27. The van der Waals surface area contributed by atoms with E-state index in [0.717, 1.165) is 0 Å². The molecule has 0 saturated heterocycles. The number of likely N-dealkylation sites (N-methyl/N-ethyl adjacent to an activating group) is 2. The van der Waals surface area contributed by atoms with Crippen LogP contribution in [-0.2, 0) is 14.3 Å². The minimum absolute atomic E-state index is 0.0556. The molecule has 0 bridgehead atoms. The predicted octanol–water partition coefficient (Wildman–Crippen LogP) is 1.13. The molecule has 0 heterocycles. The van der Waals surface area contributed by atoms with Crippen molar-refractivity contribution in [2.75, 3.05) is 20.6 Å². The van der Waals surface area contributed by atoms with Gasteiger partial charge >= 0.3 is 6.09 Å². The quantitative estimate of drug-likeness (QED) is 0.769. The molecule has 7 nitrogen and oxygen atoms in total. The Morgan fingerprint density at radius 2 is 1.73 bits per heavy atom. The number of rotatable bonds is 6. The molecule has 22 heavy (non-hydrogen) atoms. The minimum atomic E-state index is -0.718. The summed E-state index contributed by atoms with van der Waals surface area (Å²) in [7, 11) is 3.03. The first-order valence-electron chi connectivity index (χ1n) is 7.41. The van der Waals surface area contributed by atoms with E-state index in [1.54, 1.807) is 20.8 Å². The van der Waals surface area contributed by atoms with Crippen molar-refractivity contribution in [1.82, 2.24) is 15.5 Å². The lowest BCUT2D eigenvalue weighted by atomic mass is 10.0. The summed E-state index contributed by atoms with van der Waals surface area (Å²) in [6.45, 7) is 9.11. The standard InChI is InChI=1S/C15H29N3O4/c1-10(2)8-11(17-14(21)22-15(3,4)5)13(20)18(7)9-12(19)16-6/h10-11H,8-9H2,1-7H3,(H,16,19)(H,17,21)/t11-/m0/s1. The van der Waals surface area contributed by atoms with Gasteiger partial charge in [0.25, 0.3) is 0 Å². The van der Waals surface area contributed by atoms with Gasteiger partial charge in [-0.05, 0) is 33.1 Å². The van der Waals surface area contributed by atoms with E-state index in [9.17, 15) is 14.4 Å². The maximum absolute atomic E-state index is 12.4. The minimum Gasteiger partial charge on any atom is -0.444 e. The monoisotopic (exact) mass is 315 g/mol. The molecule has 0 spiro atoms. The second kappa shape index (κ2) is 8.60. The van der Waals surface area contributed by atoms with Gasteiger partial charge in [-0.2, -0.15) is 0 Å². The summed E-state index contributed by atoms with van der Waals surface area (Å²) in [5, 5.41) is 5.05. The molecule has 0 unspecified atom stereocenters. The number of carbonyl (C=O) groups excluding carboxylic acids is 3. The number of nitrogens with one attached hydrogen (secondary N) is 2. The maximum Gasteiger partial charge on any atom is 0.408 e. The molecule has 0 radical (unpaired) electrons. The Labute approximate surface area is 132 Å². The normalized spacial score (nSPS) is 12.5. The van der Waals surface area contributed by atoms with Gasteiger partial charge in [-0.3, -0.25) is 9.59 Å². The van der Waals surface area contributed by atoms with Crippen molar-refractivity contribution in [2.24, 2.45) is 5.92 Å². The molecule has 0 fully saturated rings. The molecule has 128 valence electrons. The fourth-order valence-corrected chi connectivity index (χ4v) is 1.78. The topological polar surface area (TPSA) is 87.7 Å². The molecular formula is C15H29N3O4. The number of carbonyl (C=O) groups is 3. The van der Waals surface area contributed by atoms with E-state index in [1.807, 2.05) is 13.8 Å². The number of ether oxygens (including phenoxy) is 1. The van der Waals surface area contributed by atoms with Crippen LogP contribution in [-0.4, -0.2) is 55.1 Å². The van der Waals surface area contributed by atoms with Crippen LogP contribution in [0.15, 0.2) is 0 Å². The molecule has 7 heteroatoms. The van der Waals surface area contributed by atoms with Crippen molar-refractivity contribution in [3.05, 3.63) is 0 Å². The lowest BCUT2D eigenvalue weighted by Gasteiger charge is -2.27. The molecule has 2 N–H and O–H groups in total. The van der Waals surface area contributed by atoms with Gasteiger partial charge in [0.1, 0.15) is 11.6 Å².